The lowest BCUT2D eigenvalue weighted by Crippen LogP contribution is -2.49. The molecule has 29 heavy (non-hydrogen) atoms. The highest BCUT2D eigenvalue weighted by Crippen LogP contribution is 2.12. The number of nitrogens with one attached hydrogen (secondary N) is 2. The highest BCUT2D eigenvalue weighted by atomic mass is 16.2. The van der Waals surface area contributed by atoms with Crippen molar-refractivity contribution in [2.24, 2.45) is 22.2 Å². The molecule has 1 aromatic rings. The minimum absolute atomic E-state index is 0.00323. The molecule has 1 unspecified atom stereocenters. The lowest BCUT2D eigenvalue weighted by Gasteiger charge is -2.27. The summed E-state index contributed by atoms with van der Waals surface area (Å²) >= 11 is 0. The Bertz CT molecular complexity index is 715. The van der Waals surface area contributed by atoms with E-state index in [-0.39, 0.29) is 24.3 Å². The number of carbonyl (C=O) groups excluding carboxylic acids is 2. The number of rotatable bonds is 12. The standard InChI is InChI=1S/C20H33N7O2/c1-15-8-3-4-9-16(15)24-11-5-6-12-25-19(29)17(27(2)18(28)14-21)10-7-13-26-20(22)23/h3-5,8-9,11,17,24H,6-7,10,12-14,21H2,1-2H3,(H,25,29)(H4,22,23,26)/b11-5+. The van der Waals surface area contributed by atoms with Crippen LogP contribution in [0.5, 0.6) is 0 Å². The Kier molecular flexibility index (Phi) is 10.9. The maximum atomic E-state index is 12.6. The first-order valence-corrected chi connectivity index (χ1v) is 9.62. The van der Waals surface area contributed by atoms with Gasteiger partial charge in [0.05, 0.1) is 6.54 Å². The molecular formula is C20H33N7O2. The Labute approximate surface area is 172 Å². The van der Waals surface area contributed by atoms with Crippen LogP contribution in [0.15, 0.2) is 41.5 Å². The molecule has 0 radical (unpaired) electrons. The van der Waals surface area contributed by atoms with Crippen molar-refractivity contribution in [2.45, 2.75) is 32.2 Å². The molecule has 1 aromatic carbocycles. The van der Waals surface area contributed by atoms with E-state index in [0.29, 0.717) is 32.4 Å². The van der Waals surface area contributed by atoms with E-state index in [1.54, 1.807) is 7.05 Å². The monoisotopic (exact) mass is 403 g/mol. The van der Waals surface area contributed by atoms with E-state index in [9.17, 15) is 9.59 Å². The molecular weight excluding hydrogens is 370 g/mol. The van der Waals surface area contributed by atoms with Crippen LogP contribution in [0.2, 0.25) is 0 Å². The number of nitrogens with two attached hydrogens (primary N) is 3. The maximum absolute atomic E-state index is 12.6. The van der Waals surface area contributed by atoms with Gasteiger partial charge in [0.15, 0.2) is 5.96 Å². The van der Waals surface area contributed by atoms with E-state index in [1.807, 2.05) is 43.5 Å². The summed E-state index contributed by atoms with van der Waals surface area (Å²) in [5, 5.41) is 6.08. The predicted octanol–water partition coefficient (Wildman–Crippen LogP) is 0.266. The quantitative estimate of drug-likeness (QED) is 0.192. The number of likely N-dealkylation sites (N-methyl/N-ethyl adjacent to an activating group) is 1. The van der Waals surface area contributed by atoms with E-state index in [0.717, 1.165) is 11.3 Å². The molecule has 1 rings (SSSR count). The predicted molar refractivity (Wildman–Crippen MR) is 117 cm³/mol. The molecule has 0 spiro atoms. The van der Waals surface area contributed by atoms with Crippen LogP contribution in [0.3, 0.4) is 0 Å². The number of aliphatic imine (C=N–C) groups is 1. The number of aryl methyl sites for hydroxylation is 1. The molecule has 2 amide bonds. The molecule has 9 heteroatoms. The number of anilines is 1. The number of benzene rings is 1. The molecule has 1 atom stereocenters. The minimum atomic E-state index is -0.616. The van der Waals surface area contributed by atoms with Gasteiger partial charge in [0, 0.05) is 25.8 Å². The van der Waals surface area contributed by atoms with Crippen LogP contribution in [0, 0.1) is 6.92 Å². The van der Waals surface area contributed by atoms with Crippen LogP contribution in [0.1, 0.15) is 24.8 Å². The molecule has 9 nitrogen and oxygen atoms in total. The molecule has 160 valence electrons. The number of guanidine groups is 1. The van der Waals surface area contributed by atoms with Crippen LogP contribution in [0.4, 0.5) is 5.69 Å². The van der Waals surface area contributed by atoms with Crippen molar-refractivity contribution in [2.75, 3.05) is 32.0 Å². The van der Waals surface area contributed by atoms with Crippen molar-refractivity contribution in [3.8, 4) is 0 Å². The Hall–Kier alpha value is -3.07. The van der Waals surface area contributed by atoms with E-state index in [4.69, 9.17) is 17.2 Å². The fraction of sp³-hybridized carbons (Fsp3) is 0.450. The zero-order valence-corrected chi connectivity index (χ0v) is 17.2. The first kappa shape index (κ1) is 24.0. The lowest BCUT2D eigenvalue weighted by atomic mass is 10.1. The van der Waals surface area contributed by atoms with Gasteiger partial charge in [-0.2, -0.15) is 0 Å². The third-order valence-corrected chi connectivity index (χ3v) is 4.38. The maximum Gasteiger partial charge on any atom is 0.242 e. The van der Waals surface area contributed by atoms with E-state index >= 15 is 0 Å². The number of amides is 2. The third kappa shape index (κ3) is 9.11. The molecule has 0 bridgehead atoms. The van der Waals surface area contributed by atoms with Gasteiger partial charge in [-0.15, -0.1) is 0 Å². The van der Waals surface area contributed by atoms with Gasteiger partial charge in [0.1, 0.15) is 6.04 Å². The van der Waals surface area contributed by atoms with Crippen molar-refractivity contribution in [1.82, 2.24) is 10.2 Å². The number of nitrogens with zero attached hydrogens (tertiary/aromatic N) is 2. The van der Waals surface area contributed by atoms with Crippen molar-refractivity contribution in [1.29, 1.82) is 0 Å². The summed E-state index contributed by atoms with van der Waals surface area (Å²) in [5.41, 5.74) is 18.2. The van der Waals surface area contributed by atoms with Crippen LogP contribution in [-0.4, -0.2) is 55.4 Å². The summed E-state index contributed by atoms with van der Waals surface area (Å²) in [5.74, 6) is -0.517. The minimum Gasteiger partial charge on any atom is -0.370 e. The average Bonchev–Trinajstić information content (AvgIpc) is 2.70. The van der Waals surface area contributed by atoms with Gasteiger partial charge < -0.3 is 32.7 Å². The molecule has 0 aliphatic heterocycles. The van der Waals surface area contributed by atoms with E-state index in [1.165, 1.54) is 4.90 Å². The van der Waals surface area contributed by atoms with Crippen LogP contribution in [0.25, 0.3) is 0 Å². The summed E-state index contributed by atoms with van der Waals surface area (Å²) in [6.07, 6.45) is 5.45. The summed E-state index contributed by atoms with van der Waals surface area (Å²) in [4.78, 5) is 29.8. The summed E-state index contributed by atoms with van der Waals surface area (Å²) in [6, 6.07) is 7.37. The van der Waals surface area contributed by atoms with Crippen molar-refractivity contribution in [3.05, 3.63) is 42.1 Å². The van der Waals surface area contributed by atoms with Crippen molar-refractivity contribution in [3.63, 3.8) is 0 Å². The van der Waals surface area contributed by atoms with E-state index < -0.39 is 6.04 Å². The van der Waals surface area contributed by atoms with Gasteiger partial charge in [-0.1, -0.05) is 24.3 Å². The number of carbonyl (C=O) groups is 2. The van der Waals surface area contributed by atoms with Gasteiger partial charge in [0.2, 0.25) is 11.8 Å². The average molecular weight is 404 g/mol. The molecule has 0 saturated carbocycles. The van der Waals surface area contributed by atoms with Crippen LogP contribution < -0.4 is 27.8 Å². The Balaban J connectivity index is 2.49. The SMILES string of the molecule is Cc1ccccc1N/C=C/CCNC(=O)C(CCCN=C(N)N)N(C)C(=O)CN. The Morgan fingerprint density at radius 1 is 1.28 bits per heavy atom. The van der Waals surface area contributed by atoms with Crippen LogP contribution >= 0.6 is 0 Å². The molecule has 0 aromatic heterocycles. The molecule has 0 fully saturated rings. The highest BCUT2D eigenvalue weighted by Gasteiger charge is 2.25. The molecule has 0 saturated heterocycles. The molecule has 8 N–H and O–H groups in total. The van der Waals surface area contributed by atoms with Gasteiger partial charge >= 0.3 is 0 Å². The van der Waals surface area contributed by atoms with Gasteiger partial charge in [0.25, 0.3) is 0 Å². The Morgan fingerprint density at radius 3 is 2.66 bits per heavy atom. The fourth-order valence-corrected chi connectivity index (χ4v) is 2.67. The largest absolute Gasteiger partial charge is 0.370 e. The molecule has 0 aliphatic carbocycles. The fourth-order valence-electron chi connectivity index (χ4n) is 2.67. The van der Waals surface area contributed by atoms with Crippen LogP contribution in [-0.2, 0) is 9.59 Å². The summed E-state index contributed by atoms with van der Waals surface area (Å²) < 4.78 is 0. The second-order valence-corrected chi connectivity index (χ2v) is 6.61. The van der Waals surface area contributed by atoms with E-state index in [2.05, 4.69) is 15.6 Å². The summed E-state index contributed by atoms with van der Waals surface area (Å²) in [6.45, 7) is 2.73. The molecule has 0 aliphatic rings. The lowest BCUT2D eigenvalue weighted by molar-refractivity contribution is -0.138. The normalized spacial score (nSPS) is 11.7. The second kappa shape index (κ2) is 13.2. The first-order valence-electron chi connectivity index (χ1n) is 9.62. The van der Waals surface area contributed by atoms with Gasteiger partial charge in [-0.25, -0.2) is 0 Å². The zero-order chi connectivity index (χ0) is 21.6. The number of hydrogen-bond donors (Lipinski definition) is 5. The van der Waals surface area contributed by atoms with Gasteiger partial charge in [-0.05, 0) is 44.0 Å². The zero-order valence-electron chi connectivity index (χ0n) is 17.2. The van der Waals surface area contributed by atoms with Crippen molar-refractivity contribution >= 4 is 23.5 Å². The smallest absolute Gasteiger partial charge is 0.242 e. The summed E-state index contributed by atoms with van der Waals surface area (Å²) in [7, 11) is 1.58. The molecule has 0 heterocycles. The second-order valence-electron chi connectivity index (χ2n) is 6.61. The van der Waals surface area contributed by atoms with Crippen molar-refractivity contribution < 1.29 is 9.59 Å². The van der Waals surface area contributed by atoms with Gasteiger partial charge in [-0.3, -0.25) is 14.6 Å². The first-order chi connectivity index (χ1) is 13.9. The Morgan fingerprint density at radius 2 is 2.00 bits per heavy atom. The number of para-hydroxylation sites is 1. The highest BCUT2D eigenvalue weighted by molar-refractivity contribution is 5.88. The topological polar surface area (TPSA) is 152 Å². The number of hydrogen-bond acceptors (Lipinski definition) is 5. The third-order valence-electron chi connectivity index (χ3n) is 4.38.